The molecule has 0 fully saturated rings. The van der Waals surface area contributed by atoms with Gasteiger partial charge in [-0.05, 0) is 44.0 Å². The normalized spacial score (nSPS) is 14.8. The van der Waals surface area contributed by atoms with Crippen LogP contribution in [-0.2, 0) is 11.2 Å². The van der Waals surface area contributed by atoms with Gasteiger partial charge < -0.3 is 14.8 Å². The van der Waals surface area contributed by atoms with Crippen molar-refractivity contribution in [1.29, 1.82) is 0 Å². The lowest BCUT2D eigenvalue weighted by molar-refractivity contribution is -0.274. The average molecular weight is 305 g/mol. The van der Waals surface area contributed by atoms with E-state index in [9.17, 15) is 13.2 Å². The highest BCUT2D eigenvalue weighted by atomic mass is 19.4. The number of nitrogens with one attached hydrogen (secondary N) is 1. The minimum absolute atomic E-state index is 0.127. The third kappa shape index (κ3) is 7.34. The molecule has 0 saturated carbocycles. The van der Waals surface area contributed by atoms with Crippen LogP contribution < -0.4 is 10.1 Å². The third-order valence-electron chi connectivity index (χ3n) is 3.15. The van der Waals surface area contributed by atoms with E-state index in [4.69, 9.17) is 4.74 Å². The second kappa shape index (κ2) is 8.24. The van der Waals surface area contributed by atoms with E-state index in [-0.39, 0.29) is 17.9 Å². The van der Waals surface area contributed by atoms with Crippen molar-refractivity contribution < 1.29 is 22.6 Å². The van der Waals surface area contributed by atoms with Crippen molar-refractivity contribution in [3.63, 3.8) is 0 Å². The molecule has 0 aliphatic heterocycles. The van der Waals surface area contributed by atoms with E-state index in [1.165, 1.54) is 12.1 Å². The van der Waals surface area contributed by atoms with Crippen LogP contribution in [0.25, 0.3) is 0 Å². The molecule has 0 spiro atoms. The number of halogens is 3. The number of ether oxygens (including phenoxy) is 2. The lowest BCUT2D eigenvalue weighted by Gasteiger charge is -2.21. The van der Waals surface area contributed by atoms with E-state index in [1.807, 2.05) is 13.8 Å². The Labute approximate surface area is 123 Å². The summed E-state index contributed by atoms with van der Waals surface area (Å²) in [6.45, 7) is 4.84. The molecule has 1 N–H and O–H groups in total. The molecule has 0 saturated heterocycles. The molecular weight excluding hydrogens is 283 g/mol. The van der Waals surface area contributed by atoms with Crippen LogP contribution in [0.3, 0.4) is 0 Å². The van der Waals surface area contributed by atoms with Gasteiger partial charge in [-0.2, -0.15) is 0 Å². The maximum Gasteiger partial charge on any atom is 0.573 e. The summed E-state index contributed by atoms with van der Waals surface area (Å²) in [7, 11) is 1.66. The van der Waals surface area contributed by atoms with E-state index < -0.39 is 6.36 Å². The van der Waals surface area contributed by atoms with Gasteiger partial charge in [-0.3, -0.25) is 0 Å². The van der Waals surface area contributed by atoms with Gasteiger partial charge in [-0.1, -0.05) is 19.1 Å². The van der Waals surface area contributed by atoms with Crippen LogP contribution in [0.2, 0.25) is 0 Å². The van der Waals surface area contributed by atoms with Crippen molar-refractivity contribution in [3.8, 4) is 5.75 Å². The molecule has 0 aliphatic carbocycles. The highest BCUT2D eigenvalue weighted by molar-refractivity contribution is 5.28. The first-order valence-electron chi connectivity index (χ1n) is 6.95. The Morgan fingerprint density at radius 2 is 1.81 bits per heavy atom. The SMILES string of the molecule is CCNC(Cc1ccc(OC(F)(F)F)cc1)CC(C)OC. The number of hydrogen-bond acceptors (Lipinski definition) is 3. The summed E-state index contributed by atoms with van der Waals surface area (Å²) in [5, 5.41) is 3.36. The van der Waals surface area contributed by atoms with E-state index in [2.05, 4.69) is 10.1 Å². The van der Waals surface area contributed by atoms with Crippen molar-refractivity contribution in [1.82, 2.24) is 5.32 Å². The van der Waals surface area contributed by atoms with Gasteiger partial charge in [0.05, 0.1) is 6.10 Å². The Morgan fingerprint density at radius 1 is 1.19 bits per heavy atom. The number of alkyl halides is 3. The fourth-order valence-electron chi connectivity index (χ4n) is 2.14. The number of methoxy groups -OCH3 is 1. The van der Waals surface area contributed by atoms with Crippen LogP contribution in [-0.4, -0.2) is 32.2 Å². The number of benzene rings is 1. The first-order valence-corrected chi connectivity index (χ1v) is 6.95. The standard InChI is InChI=1S/C15H22F3NO2/c1-4-19-13(9-11(2)20-3)10-12-5-7-14(8-6-12)21-15(16,17)18/h5-8,11,13,19H,4,9-10H2,1-3H3. The fraction of sp³-hybridized carbons (Fsp3) is 0.600. The highest BCUT2D eigenvalue weighted by Gasteiger charge is 2.30. The van der Waals surface area contributed by atoms with Gasteiger partial charge in [0.25, 0.3) is 0 Å². The monoisotopic (exact) mass is 305 g/mol. The maximum atomic E-state index is 12.1. The first kappa shape index (κ1) is 17.8. The van der Waals surface area contributed by atoms with Crippen molar-refractivity contribution in [2.24, 2.45) is 0 Å². The fourth-order valence-corrected chi connectivity index (χ4v) is 2.14. The number of hydrogen-bond donors (Lipinski definition) is 1. The molecule has 0 radical (unpaired) electrons. The average Bonchev–Trinajstić information content (AvgIpc) is 2.39. The van der Waals surface area contributed by atoms with Gasteiger partial charge in [-0.15, -0.1) is 13.2 Å². The molecule has 1 rings (SSSR count). The zero-order chi connectivity index (χ0) is 15.9. The summed E-state index contributed by atoms with van der Waals surface area (Å²) in [5.41, 5.74) is 0.957. The van der Waals surface area contributed by atoms with Gasteiger partial charge in [0, 0.05) is 13.2 Å². The van der Waals surface area contributed by atoms with Crippen molar-refractivity contribution in [3.05, 3.63) is 29.8 Å². The Kier molecular flexibility index (Phi) is 6.98. The number of rotatable bonds is 8. The lowest BCUT2D eigenvalue weighted by Crippen LogP contribution is -2.34. The molecule has 1 aromatic carbocycles. The Morgan fingerprint density at radius 3 is 2.29 bits per heavy atom. The van der Waals surface area contributed by atoms with Crippen LogP contribution in [0.5, 0.6) is 5.75 Å². The van der Waals surface area contributed by atoms with Crippen LogP contribution in [0.15, 0.2) is 24.3 Å². The Bertz CT molecular complexity index is 406. The molecule has 3 nitrogen and oxygen atoms in total. The second-order valence-corrected chi connectivity index (χ2v) is 4.93. The second-order valence-electron chi connectivity index (χ2n) is 4.93. The summed E-state index contributed by atoms with van der Waals surface area (Å²) in [6, 6.07) is 6.21. The predicted molar refractivity (Wildman–Crippen MR) is 75.4 cm³/mol. The molecule has 21 heavy (non-hydrogen) atoms. The van der Waals surface area contributed by atoms with Crippen LogP contribution in [0.4, 0.5) is 13.2 Å². The molecule has 120 valence electrons. The minimum atomic E-state index is -4.65. The lowest BCUT2D eigenvalue weighted by atomic mass is 10.0. The molecule has 2 unspecified atom stereocenters. The molecule has 6 heteroatoms. The van der Waals surface area contributed by atoms with Crippen LogP contribution in [0.1, 0.15) is 25.8 Å². The molecule has 0 aliphatic rings. The first-order chi connectivity index (χ1) is 9.84. The Balaban J connectivity index is 2.63. The van der Waals surface area contributed by atoms with E-state index in [0.29, 0.717) is 0 Å². The molecule has 0 aromatic heterocycles. The van der Waals surface area contributed by atoms with Gasteiger partial charge in [0.15, 0.2) is 0 Å². The number of likely N-dealkylation sites (N-methyl/N-ethyl adjacent to an activating group) is 1. The van der Waals surface area contributed by atoms with Crippen molar-refractivity contribution in [2.45, 2.75) is 45.2 Å². The van der Waals surface area contributed by atoms with Gasteiger partial charge in [0.2, 0.25) is 0 Å². The zero-order valence-electron chi connectivity index (χ0n) is 12.5. The Hall–Kier alpha value is -1.27. The molecule has 0 amide bonds. The summed E-state index contributed by atoms with van der Waals surface area (Å²) >= 11 is 0. The van der Waals surface area contributed by atoms with Crippen LogP contribution in [0, 0.1) is 0 Å². The van der Waals surface area contributed by atoms with Gasteiger partial charge in [0.1, 0.15) is 5.75 Å². The summed E-state index contributed by atoms with van der Waals surface area (Å²) in [4.78, 5) is 0. The van der Waals surface area contributed by atoms with E-state index >= 15 is 0 Å². The largest absolute Gasteiger partial charge is 0.573 e. The predicted octanol–water partition coefficient (Wildman–Crippen LogP) is 3.53. The zero-order valence-corrected chi connectivity index (χ0v) is 12.5. The van der Waals surface area contributed by atoms with Crippen molar-refractivity contribution >= 4 is 0 Å². The highest BCUT2D eigenvalue weighted by Crippen LogP contribution is 2.23. The van der Waals surface area contributed by atoms with Crippen LogP contribution >= 0.6 is 0 Å². The molecule has 0 heterocycles. The van der Waals surface area contributed by atoms with E-state index in [0.717, 1.165) is 24.9 Å². The smallest absolute Gasteiger partial charge is 0.406 e. The van der Waals surface area contributed by atoms with Gasteiger partial charge in [-0.25, -0.2) is 0 Å². The maximum absolute atomic E-state index is 12.1. The van der Waals surface area contributed by atoms with E-state index in [1.54, 1.807) is 19.2 Å². The summed E-state index contributed by atoms with van der Waals surface area (Å²) in [6.07, 6.45) is -2.96. The summed E-state index contributed by atoms with van der Waals surface area (Å²) in [5.74, 6) is -0.198. The molecule has 0 bridgehead atoms. The molecular formula is C15H22F3NO2. The topological polar surface area (TPSA) is 30.5 Å². The van der Waals surface area contributed by atoms with Crippen molar-refractivity contribution in [2.75, 3.05) is 13.7 Å². The summed E-state index contributed by atoms with van der Waals surface area (Å²) < 4.78 is 45.4. The van der Waals surface area contributed by atoms with Gasteiger partial charge >= 0.3 is 6.36 Å². The third-order valence-corrected chi connectivity index (χ3v) is 3.15. The quantitative estimate of drug-likeness (QED) is 0.797. The molecule has 2 atom stereocenters. The molecule has 1 aromatic rings. The minimum Gasteiger partial charge on any atom is -0.406 e.